The van der Waals surface area contributed by atoms with E-state index in [2.05, 4.69) is 21.4 Å². The first-order valence-electron chi connectivity index (χ1n) is 11.5. The Morgan fingerprint density at radius 3 is 2.59 bits per heavy atom. The van der Waals surface area contributed by atoms with Crippen molar-refractivity contribution < 1.29 is 19.0 Å². The summed E-state index contributed by atoms with van der Waals surface area (Å²) in [5.74, 6) is 1.30. The zero-order valence-electron chi connectivity index (χ0n) is 20.3. The Kier molecular flexibility index (Phi) is 7.81. The van der Waals surface area contributed by atoms with E-state index in [0.717, 1.165) is 0 Å². The Balaban J connectivity index is 1.52. The Morgan fingerprint density at radius 1 is 1.08 bits per heavy atom. The molecule has 0 aliphatic carbocycles. The number of carbonyl (C=O) groups excluding carboxylic acids is 1. The summed E-state index contributed by atoms with van der Waals surface area (Å²) in [4.78, 5) is 31.9. The Hall–Kier alpha value is -5.10. The van der Waals surface area contributed by atoms with Gasteiger partial charge in [0.15, 0.2) is 23.9 Å². The van der Waals surface area contributed by atoms with Crippen LogP contribution < -0.4 is 25.1 Å². The van der Waals surface area contributed by atoms with Gasteiger partial charge in [-0.1, -0.05) is 18.2 Å². The van der Waals surface area contributed by atoms with Gasteiger partial charge < -0.3 is 24.5 Å². The normalized spacial score (nSPS) is 11.0. The number of amides is 1. The van der Waals surface area contributed by atoms with Crippen LogP contribution in [0.3, 0.4) is 0 Å². The van der Waals surface area contributed by atoms with Crippen LogP contribution in [0.2, 0.25) is 0 Å². The van der Waals surface area contributed by atoms with Gasteiger partial charge >= 0.3 is 0 Å². The number of allylic oxidation sites excluding steroid dienone is 1. The minimum Gasteiger partial charge on any atom is -0.497 e. The van der Waals surface area contributed by atoms with Crippen LogP contribution in [0, 0.1) is 11.3 Å². The monoisotopic (exact) mass is 496 g/mol. The molecule has 0 saturated heterocycles. The highest BCUT2D eigenvalue weighted by molar-refractivity contribution is 5.92. The average Bonchev–Trinajstić information content (AvgIpc) is 2.92. The Bertz CT molecular complexity index is 1550. The minimum absolute atomic E-state index is 0.166. The van der Waals surface area contributed by atoms with E-state index in [1.165, 1.54) is 0 Å². The fraction of sp³-hybridized carbons (Fsp3) is 0.143. The van der Waals surface area contributed by atoms with Crippen LogP contribution in [0.15, 0.2) is 71.5 Å². The standard InChI is InChI=1S/C28H24N4O5/c1-3-36-25-15-18(14-19(16-29)27-31-23-7-5-4-6-22(23)28(34)32-27)8-13-24(25)37-17-26(33)30-20-9-11-21(35-2)12-10-20/h4-15H,3,17H2,1-2H3,(H,30,33)(H,31,32,34). The number of fused-ring (bicyclic) bond motifs is 1. The molecule has 4 rings (SSSR count). The van der Waals surface area contributed by atoms with E-state index in [9.17, 15) is 14.9 Å². The summed E-state index contributed by atoms with van der Waals surface area (Å²) in [5.41, 5.74) is 1.59. The van der Waals surface area contributed by atoms with Gasteiger partial charge in [0.2, 0.25) is 0 Å². The highest BCUT2D eigenvalue weighted by atomic mass is 16.5. The average molecular weight is 497 g/mol. The van der Waals surface area contributed by atoms with E-state index in [-0.39, 0.29) is 29.5 Å². The van der Waals surface area contributed by atoms with Crippen LogP contribution in [-0.2, 0) is 4.79 Å². The molecule has 0 spiro atoms. The third-order valence-corrected chi connectivity index (χ3v) is 5.30. The van der Waals surface area contributed by atoms with Gasteiger partial charge in [0.25, 0.3) is 11.5 Å². The van der Waals surface area contributed by atoms with Crippen molar-refractivity contribution >= 4 is 34.1 Å². The van der Waals surface area contributed by atoms with Gasteiger partial charge in [-0.2, -0.15) is 5.26 Å². The highest BCUT2D eigenvalue weighted by Crippen LogP contribution is 2.30. The molecular formula is C28H24N4O5. The third kappa shape index (κ3) is 6.13. The molecule has 9 nitrogen and oxygen atoms in total. The fourth-order valence-corrected chi connectivity index (χ4v) is 3.55. The number of benzene rings is 3. The van der Waals surface area contributed by atoms with Crippen LogP contribution in [0.1, 0.15) is 18.3 Å². The molecule has 1 aromatic heterocycles. The number of carbonyl (C=O) groups is 1. The number of H-pyrrole nitrogens is 1. The van der Waals surface area contributed by atoms with Gasteiger partial charge in [0.05, 0.1) is 30.2 Å². The predicted octanol–water partition coefficient (Wildman–Crippen LogP) is 4.41. The predicted molar refractivity (Wildman–Crippen MR) is 141 cm³/mol. The van der Waals surface area contributed by atoms with Gasteiger partial charge in [-0.3, -0.25) is 9.59 Å². The molecule has 0 unspecified atom stereocenters. The Morgan fingerprint density at radius 2 is 1.86 bits per heavy atom. The lowest BCUT2D eigenvalue weighted by Gasteiger charge is -2.13. The van der Waals surface area contributed by atoms with Crippen molar-refractivity contribution in [1.29, 1.82) is 5.26 Å². The molecule has 4 aromatic rings. The number of methoxy groups -OCH3 is 1. The van der Waals surface area contributed by atoms with Crippen molar-refractivity contribution in [3.05, 3.63) is 88.5 Å². The number of hydrogen-bond donors (Lipinski definition) is 2. The quantitative estimate of drug-likeness (QED) is 0.329. The van der Waals surface area contributed by atoms with Crippen LogP contribution in [-0.4, -0.2) is 36.2 Å². The second-order valence-electron chi connectivity index (χ2n) is 7.81. The molecule has 2 N–H and O–H groups in total. The fourth-order valence-electron chi connectivity index (χ4n) is 3.55. The second-order valence-corrected chi connectivity index (χ2v) is 7.81. The summed E-state index contributed by atoms with van der Waals surface area (Å²) in [6.07, 6.45) is 1.59. The van der Waals surface area contributed by atoms with Gasteiger partial charge in [-0.05, 0) is 67.1 Å². The first-order chi connectivity index (χ1) is 18.0. The summed E-state index contributed by atoms with van der Waals surface area (Å²) < 4.78 is 16.5. The molecule has 1 amide bonds. The second kappa shape index (κ2) is 11.6. The molecule has 0 radical (unpaired) electrons. The maximum atomic E-state index is 12.4. The topological polar surface area (TPSA) is 126 Å². The van der Waals surface area contributed by atoms with E-state index in [1.54, 1.807) is 79.9 Å². The molecule has 0 fully saturated rings. The number of aromatic nitrogens is 2. The number of anilines is 1. The van der Waals surface area contributed by atoms with Crippen molar-refractivity contribution in [3.8, 4) is 23.3 Å². The van der Waals surface area contributed by atoms with Gasteiger partial charge in [-0.15, -0.1) is 0 Å². The van der Waals surface area contributed by atoms with Gasteiger partial charge in [-0.25, -0.2) is 4.98 Å². The summed E-state index contributed by atoms with van der Waals surface area (Å²) >= 11 is 0. The third-order valence-electron chi connectivity index (χ3n) is 5.30. The molecule has 37 heavy (non-hydrogen) atoms. The number of hydrogen-bond acceptors (Lipinski definition) is 7. The molecule has 0 saturated carbocycles. The number of nitrogens with zero attached hydrogens (tertiary/aromatic N) is 2. The molecule has 3 aromatic carbocycles. The zero-order chi connectivity index (χ0) is 26.2. The van der Waals surface area contributed by atoms with Crippen LogP contribution in [0.25, 0.3) is 22.6 Å². The number of aromatic amines is 1. The molecule has 0 aliphatic heterocycles. The number of nitrogens with one attached hydrogen (secondary N) is 2. The minimum atomic E-state index is -0.338. The lowest BCUT2D eigenvalue weighted by atomic mass is 10.1. The zero-order valence-corrected chi connectivity index (χ0v) is 20.3. The number of rotatable bonds is 9. The Labute approximate surface area is 213 Å². The molecule has 9 heteroatoms. The lowest BCUT2D eigenvalue weighted by molar-refractivity contribution is -0.118. The summed E-state index contributed by atoms with van der Waals surface area (Å²) in [5, 5.41) is 12.9. The first kappa shape index (κ1) is 25.0. The highest BCUT2D eigenvalue weighted by Gasteiger charge is 2.12. The molecule has 0 atom stereocenters. The summed E-state index contributed by atoms with van der Waals surface area (Å²) in [6.45, 7) is 1.96. The van der Waals surface area contributed by atoms with Crippen molar-refractivity contribution in [2.24, 2.45) is 0 Å². The van der Waals surface area contributed by atoms with Crippen molar-refractivity contribution in [3.63, 3.8) is 0 Å². The summed E-state index contributed by atoms with van der Waals surface area (Å²) in [7, 11) is 1.57. The molecular weight excluding hydrogens is 472 g/mol. The van der Waals surface area contributed by atoms with Crippen molar-refractivity contribution in [2.45, 2.75) is 6.92 Å². The van der Waals surface area contributed by atoms with E-state index < -0.39 is 0 Å². The molecule has 186 valence electrons. The van der Waals surface area contributed by atoms with Crippen LogP contribution >= 0.6 is 0 Å². The number of para-hydroxylation sites is 1. The van der Waals surface area contributed by atoms with Crippen LogP contribution in [0.4, 0.5) is 5.69 Å². The maximum Gasteiger partial charge on any atom is 0.262 e. The number of nitriles is 1. The largest absolute Gasteiger partial charge is 0.497 e. The first-order valence-corrected chi connectivity index (χ1v) is 11.5. The van der Waals surface area contributed by atoms with Gasteiger partial charge in [0, 0.05) is 5.69 Å². The lowest BCUT2D eigenvalue weighted by Crippen LogP contribution is -2.20. The summed E-state index contributed by atoms with van der Waals surface area (Å²) in [6, 6.07) is 21.0. The smallest absolute Gasteiger partial charge is 0.262 e. The van der Waals surface area contributed by atoms with E-state index in [1.807, 2.05) is 6.92 Å². The van der Waals surface area contributed by atoms with Crippen LogP contribution in [0.5, 0.6) is 17.2 Å². The molecule has 1 heterocycles. The van der Waals surface area contributed by atoms with Crippen molar-refractivity contribution in [2.75, 3.05) is 25.6 Å². The van der Waals surface area contributed by atoms with Crippen molar-refractivity contribution in [1.82, 2.24) is 9.97 Å². The maximum absolute atomic E-state index is 12.4. The van der Waals surface area contributed by atoms with Gasteiger partial charge in [0.1, 0.15) is 11.8 Å². The number of ether oxygens (including phenoxy) is 3. The SMILES string of the molecule is CCOc1cc(C=C(C#N)c2nc3ccccc3c(=O)[nH]2)ccc1OCC(=O)Nc1ccc(OC)cc1. The van der Waals surface area contributed by atoms with E-state index in [0.29, 0.717) is 46.0 Å². The molecule has 0 bridgehead atoms. The van der Waals surface area contributed by atoms with E-state index in [4.69, 9.17) is 14.2 Å². The molecule has 0 aliphatic rings. The van der Waals surface area contributed by atoms with E-state index >= 15 is 0 Å².